The van der Waals surface area contributed by atoms with E-state index in [2.05, 4.69) is 5.32 Å². The van der Waals surface area contributed by atoms with Crippen molar-refractivity contribution in [2.75, 3.05) is 39.9 Å². The molecule has 2 aliphatic rings. The van der Waals surface area contributed by atoms with Crippen LogP contribution in [0.1, 0.15) is 18.4 Å². The maximum absolute atomic E-state index is 12.3. The van der Waals surface area contributed by atoms with Crippen LogP contribution in [0.25, 0.3) is 6.08 Å². The third-order valence-corrected chi connectivity index (χ3v) is 4.62. The normalized spacial score (nSPS) is 21.2. The van der Waals surface area contributed by atoms with Gasteiger partial charge >= 0.3 is 0 Å². The highest BCUT2D eigenvalue weighted by molar-refractivity contribution is 5.88. The van der Waals surface area contributed by atoms with Crippen molar-refractivity contribution in [3.63, 3.8) is 0 Å². The zero-order chi connectivity index (χ0) is 18.4. The van der Waals surface area contributed by atoms with Gasteiger partial charge < -0.3 is 10.1 Å². The van der Waals surface area contributed by atoms with Gasteiger partial charge in [-0.15, -0.1) is 0 Å². The van der Waals surface area contributed by atoms with Crippen LogP contribution in [-0.2, 0) is 14.4 Å². The molecule has 0 aliphatic carbocycles. The van der Waals surface area contributed by atoms with Crippen molar-refractivity contribution in [1.82, 2.24) is 15.3 Å². The predicted octanol–water partition coefficient (Wildman–Crippen LogP) is 1.06. The number of hydrogen-bond donors (Lipinski definition) is 1. The fourth-order valence-corrected chi connectivity index (χ4v) is 3.23. The van der Waals surface area contributed by atoms with Crippen LogP contribution >= 0.6 is 0 Å². The molecule has 2 aliphatic heterocycles. The Labute approximate surface area is 153 Å². The van der Waals surface area contributed by atoms with Gasteiger partial charge in [-0.25, -0.2) is 5.06 Å². The molecule has 140 valence electrons. The lowest BCUT2D eigenvalue weighted by Crippen LogP contribution is -2.56. The molecule has 7 heteroatoms. The minimum Gasteiger partial charge on any atom is -0.496 e. The molecule has 0 saturated carbocycles. The Bertz CT molecular complexity index is 671. The van der Waals surface area contributed by atoms with Crippen molar-refractivity contribution in [2.45, 2.75) is 18.9 Å². The molecule has 1 N–H and O–H groups in total. The zero-order valence-electron chi connectivity index (χ0n) is 15.0. The molecule has 0 bridgehead atoms. The lowest BCUT2D eigenvalue weighted by molar-refractivity contribution is -0.171. The number of nitrogens with one attached hydrogen (secondary N) is 1. The first-order chi connectivity index (χ1) is 12.7. The number of piperazine rings is 1. The molecule has 1 aromatic rings. The van der Waals surface area contributed by atoms with E-state index < -0.39 is 6.04 Å². The van der Waals surface area contributed by atoms with Gasteiger partial charge in [0.05, 0.1) is 32.7 Å². The fraction of sp³-hybridized carbons (Fsp3) is 0.474. The summed E-state index contributed by atoms with van der Waals surface area (Å²) in [4.78, 5) is 31.9. The number of ether oxygens (including phenoxy) is 1. The van der Waals surface area contributed by atoms with E-state index in [9.17, 15) is 9.59 Å². The maximum Gasteiger partial charge on any atom is 0.248 e. The van der Waals surface area contributed by atoms with Crippen LogP contribution < -0.4 is 10.1 Å². The number of methoxy groups -OCH3 is 1. The third-order valence-electron chi connectivity index (χ3n) is 4.62. The van der Waals surface area contributed by atoms with Crippen molar-refractivity contribution in [3.8, 4) is 5.75 Å². The second-order valence-corrected chi connectivity index (χ2v) is 6.33. The van der Waals surface area contributed by atoms with E-state index in [0.717, 1.165) is 17.7 Å². The minimum absolute atomic E-state index is 0.102. The topological polar surface area (TPSA) is 71.1 Å². The third kappa shape index (κ3) is 4.42. The van der Waals surface area contributed by atoms with E-state index in [1.165, 1.54) is 5.06 Å². The highest BCUT2D eigenvalue weighted by Crippen LogP contribution is 2.19. The second-order valence-electron chi connectivity index (χ2n) is 6.33. The average Bonchev–Trinajstić information content (AvgIpc) is 3.19. The Kier molecular flexibility index (Phi) is 6.25. The van der Waals surface area contributed by atoms with Crippen LogP contribution in [-0.4, -0.2) is 67.7 Å². The smallest absolute Gasteiger partial charge is 0.248 e. The number of carbonyl (C=O) groups excluding carboxylic acids is 2. The van der Waals surface area contributed by atoms with Crippen molar-refractivity contribution in [3.05, 3.63) is 35.9 Å². The van der Waals surface area contributed by atoms with Crippen LogP contribution in [0, 0.1) is 0 Å². The molecule has 1 unspecified atom stereocenters. The van der Waals surface area contributed by atoms with Gasteiger partial charge in [0, 0.05) is 25.2 Å². The van der Waals surface area contributed by atoms with Gasteiger partial charge in [0.1, 0.15) is 5.75 Å². The van der Waals surface area contributed by atoms with Gasteiger partial charge in [-0.1, -0.05) is 30.4 Å². The summed E-state index contributed by atoms with van der Waals surface area (Å²) in [6.45, 7) is 3.05. The van der Waals surface area contributed by atoms with Crippen molar-refractivity contribution < 1.29 is 19.2 Å². The fourth-order valence-electron chi connectivity index (χ4n) is 3.23. The Balaban J connectivity index is 1.63. The molecule has 0 spiro atoms. The molecule has 2 heterocycles. The summed E-state index contributed by atoms with van der Waals surface area (Å²) < 4.78 is 5.34. The molecule has 1 atom stereocenters. The lowest BCUT2D eigenvalue weighted by atomic mass is 10.1. The van der Waals surface area contributed by atoms with Gasteiger partial charge in [0.15, 0.2) is 0 Å². The number of hydroxylamine groups is 2. The average molecular weight is 359 g/mol. The maximum atomic E-state index is 12.3. The van der Waals surface area contributed by atoms with Crippen LogP contribution in [0.15, 0.2) is 30.3 Å². The van der Waals surface area contributed by atoms with Crippen LogP contribution in [0.5, 0.6) is 5.75 Å². The van der Waals surface area contributed by atoms with E-state index in [0.29, 0.717) is 32.8 Å². The SMILES string of the molecule is COc1ccccc1C=CCN1CCNC(=O)C1CC(=O)N1CCCO1. The van der Waals surface area contributed by atoms with Gasteiger partial charge in [0.25, 0.3) is 0 Å². The highest BCUT2D eigenvalue weighted by Gasteiger charge is 2.33. The largest absolute Gasteiger partial charge is 0.496 e. The molecule has 2 saturated heterocycles. The van der Waals surface area contributed by atoms with Gasteiger partial charge in [-0.05, 0) is 12.5 Å². The molecular weight excluding hydrogens is 334 g/mol. The quantitative estimate of drug-likeness (QED) is 0.823. The van der Waals surface area contributed by atoms with Crippen molar-refractivity contribution >= 4 is 17.9 Å². The van der Waals surface area contributed by atoms with E-state index in [1.54, 1.807) is 7.11 Å². The van der Waals surface area contributed by atoms with Crippen LogP contribution in [0.3, 0.4) is 0 Å². The van der Waals surface area contributed by atoms with Gasteiger partial charge in [-0.2, -0.15) is 0 Å². The number of benzene rings is 1. The number of amides is 2. The number of nitrogens with zero attached hydrogens (tertiary/aromatic N) is 2. The van der Waals surface area contributed by atoms with Crippen molar-refractivity contribution in [1.29, 1.82) is 0 Å². The van der Waals surface area contributed by atoms with Gasteiger partial charge in [0.2, 0.25) is 11.8 Å². The summed E-state index contributed by atoms with van der Waals surface area (Å²) in [6, 6.07) is 7.29. The molecular formula is C19H25N3O4. The standard InChI is InChI=1S/C19H25N3O4/c1-25-17-8-3-2-6-15(17)7-4-10-21-12-9-20-19(24)16(21)14-18(23)22-11-5-13-26-22/h2-4,6-8,16H,5,9-14H2,1H3,(H,20,24). The summed E-state index contributed by atoms with van der Waals surface area (Å²) in [5.41, 5.74) is 0.981. The molecule has 3 rings (SSSR count). The first-order valence-corrected chi connectivity index (χ1v) is 8.93. The molecule has 2 amide bonds. The molecule has 1 aromatic carbocycles. The van der Waals surface area contributed by atoms with Crippen molar-refractivity contribution in [2.24, 2.45) is 0 Å². The lowest BCUT2D eigenvalue weighted by Gasteiger charge is -2.34. The molecule has 7 nitrogen and oxygen atoms in total. The van der Waals surface area contributed by atoms with E-state index in [4.69, 9.17) is 9.57 Å². The van der Waals surface area contributed by atoms with E-state index in [1.807, 2.05) is 41.3 Å². The zero-order valence-corrected chi connectivity index (χ0v) is 15.0. The number of hydrogen-bond acceptors (Lipinski definition) is 5. The predicted molar refractivity (Wildman–Crippen MR) is 97.3 cm³/mol. The van der Waals surface area contributed by atoms with Gasteiger partial charge in [-0.3, -0.25) is 19.3 Å². The van der Waals surface area contributed by atoms with Crippen LogP contribution in [0.4, 0.5) is 0 Å². The summed E-state index contributed by atoms with van der Waals surface area (Å²) >= 11 is 0. The molecule has 0 radical (unpaired) electrons. The molecule has 0 aromatic heterocycles. The molecule has 26 heavy (non-hydrogen) atoms. The monoisotopic (exact) mass is 359 g/mol. The summed E-state index contributed by atoms with van der Waals surface area (Å²) in [6.07, 6.45) is 4.95. The Morgan fingerprint density at radius 3 is 3.00 bits per heavy atom. The Morgan fingerprint density at radius 2 is 2.23 bits per heavy atom. The van der Waals surface area contributed by atoms with Crippen LogP contribution in [0.2, 0.25) is 0 Å². The number of rotatable bonds is 6. The molecule has 2 fully saturated rings. The van der Waals surface area contributed by atoms with E-state index in [-0.39, 0.29) is 18.2 Å². The summed E-state index contributed by atoms with van der Waals surface area (Å²) in [5.74, 6) is 0.566. The first kappa shape index (κ1) is 18.4. The highest BCUT2D eigenvalue weighted by atomic mass is 16.7. The minimum atomic E-state index is -0.470. The number of carbonyl (C=O) groups is 2. The summed E-state index contributed by atoms with van der Waals surface area (Å²) in [5, 5.41) is 4.23. The number of para-hydroxylation sites is 1. The second kappa shape index (κ2) is 8.82. The Morgan fingerprint density at radius 1 is 1.38 bits per heavy atom. The Hall–Kier alpha value is -2.38. The first-order valence-electron chi connectivity index (χ1n) is 8.93. The summed E-state index contributed by atoms with van der Waals surface area (Å²) in [7, 11) is 1.64. The van der Waals surface area contributed by atoms with E-state index >= 15 is 0 Å².